The van der Waals surface area contributed by atoms with Crippen molar-refractivity contribution in [1.29, 1.82) is 0 Å². The van der Waals surface area contributed by atoms with Crippen molar-refractivity contribution in [1.82, 2.24) is 29.7 Å². The van der Waals surface area contributed by atoms with Gasteiger partial charge in [-0.05, 0) is 19.1 Å². The molecular formula is C25H28N8S. The summed E-state index contributed by atoms with van der Waals surface area (Å²) in [6.45, 7) is 6.81. The maximum absolute atomic E-state index is 6.00. The van der Waals surface area contributed by atoms with Gasteiger partial charge in [0.1, 0.15) is 5.01 Å². The van der Waals surface area contributed by atoms with Crippen molar-refractivity contribution in [2.75, 3.05) is 37.2 Å². The normalized spacial score (nSPS) is 15.8. The Morgan fingerprint density at radius 2 is 1.62 bits per heavy atom. The number of para-hydroxylation sites is 1. The summed E-state index contributed by atoms with van der Waals surface area (Å²) in [6, 6.07) is 20.2. The van der Waals surface area contributed by atoms with Gasteiger partial charge in [0.2, 0.25) is 11.9 Å². The zero-order chi connectivity index (χ0) is 23.3. The third-order valence-electron chi connectivity index (χ3n) is 5.99. The molecule has 2 aromatic carbocycles. The topological polar surface area (TPSA) is 96.1 Å². The number of thiazole rings is 1. The van der Waals surface area contributed by atoms with Crippen LogP contribution < -0.4 is 11.1 Å². The largest absolute Gasteiger partial charge is 0.368 e. The van der Waals surface area contributed by atoms with E-state index in [-0.39, 0.29) is 12.0 Å². The number of nitrogen functional groups attached to an aromatic ring is 1. The van der Waals surface area contributed by atoms with E-state index in [9.17, 15) is 0 Å². The van der Waals surface area contributed by atoms with Crippen LogP contribution in [0.3, 0.4) is 0 Å². The van der Waals surface area contributed by atoms with E-state index in [1.807, 2.05) is 36.4 Å². The van der Waals surface area contributed by atoms with E-state index >= 15 is 0 Å². The number of piperazine rings is 1. The molecule has 174 valence electrons. The first kappa shape index (κ1) is 22.4. The minimum absolute atomic E-state index is 0.0488. The van der Waals surface area contributed by atoms with Crippen molar-refractivity contribution in [3.63, 3.8) is 0 Å². The second-order valence-electron chi connectivity index (χ2n) is 8.36. The number of anilines is 3. The number of rotatable bonds is 7. The second kappa shape index (κ2) is 10.3. The molecule has 0 aliphatic carbocycles. The van der Waals surface area contributed by atoms with Crippen molar-refractivity contribution >= 4 is 28.9 Å². The summed E-state index contributed by atoms with van der Waals surface area (Å²) in [6.07, 6.45) is 0. The molecular weight excluding hydrogens is 444 g/mol. The van der Waals surface area contributed by atoms with Gasteiger partial charge in [0.25, 0.3) is 0 Å². The highest BCUT2D eigenvalue weighted by molar-refractivity contribution is 7.13. The first-order valence-electron chi connectivity index (χ1n) is 11.4. The lowest BCUT2D eigenvalue weighted by molar-refractivity contribution is 0.0941. The zero-order valence-corrected chi connectivity index (χ0v) is 19.9. The summed E-state index contributed by atoms with van der Waals surface area (Å²) in [5, 5.41) is 6.47. The number of nitrogens with two attached hydrogens (primary N) is 1. The van der Waals surface area contributed by atoms with Gasteiger partial charge in [-0.15, -0.1) is 11.3 Å². The van der Waals surface area contributed by atoms with Crippen LogP contribution in [0.1, 0.15) is 24.5 Å². The Balaban J connectivity index is 1.18. The van der Waals surface area contributed by atoms with Gasteiger partial charge in [0.15, 0.2) is 5.82 Å². The number of aromatic nitrogens is 4. The second-order valence-corrected chi connectivity index (χ2v) is 9.22. The van der Waals surface area contributed by atoms with Crippen molar-refractivity contribution in [3.8, 4) is 10.6 Å². The van der Waals surface area contributed by atoms with Gasteiger partial charge >= 0.3 is 0 Å². The molecule has 1 saturated heterocycles. The smallest absolute Gasteiger partial charge is 0.232 e. The Hall–Kier alpha value is -3.40. The number of benzene rings is 2. The molecule has 9 heteroatoms. The first-order valence-corrected chi connectivity index (χ1v) is 12.3. The van der Waals surface area contributed by atoms with Crippen molar-refractivity contribution < 1.29 is 0 Å². The molecule has 0 saturated carbocycles. The minimum atomic E-state index is 0.0488. The Labute approximate surface area is 203 Å². The highest BCUT2D eigenvalue weighted by Crippen LogP contribution is 2.25. The fourth-order valence-corrected chi connectivity index (χ4v) is 4.91. The molecule has 0 spiro atoms. The van der Waals surface area contributed by atoms with Gasteiger partial charge in [0, 0.05) is 49.4 Å². The lowest BCUT2D eigenvalue weighted by Crippen LogP contribution is -2.47. The van der Waals surface area contributed by atoms with E-state index in [0.717, 1.165) is 49.1 Å². The van der Waals surface area contributed by atoms with Gasteiger partial charge in [-0.25, -0.2) is 4.98 Å². The van der Waals surface area contributed by atoms with Crippen molar-refractivity contribution in [2.24, 2.45) is 0 Å². The summed E-state index contributed by atoms with van der Waals surface area (Å²) in [7, 11) is 0. The summed E-state index contributed by atoms with van der Waals surface area (Å²) >= 11 is 1.71. The number of hydrogen-bond acceptors (Lipinski definition) is 9. The van der Waals surface area contributed by atoms with Crippen LogP contribution in [-0.2, 0) is 6.54 Å². The van der Waals surface area contributed by atoms with Gasteiger partial charge in [-0.2, -0.15) is 15.0 Å². The highest BCUT2D eigenvalue weighted by atomic mass is 32.1. The SMILES string of the molecule is C[C@@H](c1nc(N)nc(Nc2ccccc2)n1)N1CCN(Cc2csc(-c3ccccc3)n2)CC1. The molecule has 3 heterocycles. The molecule has 2 aromatic heterocycles. The summed E-state index contributed by atoms with van der Waals surface area (Å²) in [5.41, 5.74) is 9.22. The van der Waals surface area contributed by atoms with Crippen LogP contribution in [0.2, 0.25) is 0 Å². The predicted molar refractivity (Wildman–Crippen MR) is 137 cm³/mol. The molecule has 0 amide bonds. The van der Waals surface area contributed by atoms with Gasteiger partial charge in [-0.3, -0.25) is 9.80 Å². The third kappa shape index (κ3) is 5.39. The van der Waals surface area contributed by atoms with Gasteiger partial charge in [-0.1, -0.05) is 48.5 Å². The van der Waals surface area contributed by atoms with Crippen LogP contribution in [0.15, 0.2) is 66.0 Å². The summed E-state index contributed by atoms with van der Waals surface area (Å²) in [5.74, 6) is 1.38. The van der Waals surface area contributed by atoms with E-state index in [1.54, 1.807) is 11.3 Å². The van der Waals surface area contributed by atoms with Gasteiger partial charge < -0.3 is 11.1 Å². The summed E-state index contributed by atoms with van der Waals surface area (Å²) < 4.78 is 0. The number of nitrogens with one attached hydrogen (secondary N) is 1. The lowest BCUT2D eigenvalue weighted by Gasteiger charge is -2.37. The van der Waals surface area contributed by atoms with Crippen LogP contribution in [0, 0.1) is 0 Å². The first-order chi connectivity index (χ1) is 16.6. The van der Waals surface area contributed by atoms with Crippen LogP contribution in [-0.4, -0.2) is 55.9 Å². The van der Waals surface area contributed by atoms with Crippen molar-refractivity contribution in [2.45, 2.75) is 19.5 Å². The van der Waals surface area contributed by atoms with E-state index in [1.165, 1.54) is 5.56 Å². The van der Waals surface area contributed by atoms with Crippen LogP contribution in [0.25, 0.3) is 10.6 Å². The van der Waals surface area contributed by atoms with Crippen LogP contribution in [0.4, 0.5) is 17.6 Å². The fraction of sp³-hybridized carbons (Fsp3) is 0.280. The average Bonchev–Trinajstić information content (AvgIpc) is 3.33. The van der Waals surface area contributed by atoms with Crippen LogP contribution >= 0.6 is 11.3 Å². The Morgan fingerprint density at radius 3 is 2.35 bits per heavy atom. The van der Waals surface area contributed by atoms with Gasteiger partial charge in [0.05, 0.1) is 11.7 Å². The minimum Gasteiger partial charge on any atom is -0.368 e. The maximum atomic E-state index is 6.00. The number of nitrogens with zero attached hydrogens (tertiary/aromatic N) is 6. The average molecular weight is 473 g/mol. The predicted octanol–water partition coefficient (Wildman–Crippen LogP) is 4.20. The standard InChI is InChI=1S/C25H28N8S/c1-18(22-29-24(26)31-25(30-22)28-20-10-6-3-7-11-20)33-14-12-32(13-15-33)16-21-17-34-23(27-21)19-8-4-2-5-9-19/h2-11,17-18H,12-16H2,1H3,(H3,26,28,29,30,31)/t18-/m0/s1. The molecule has 4 aromatic rings. The number of hydrogen-bond donors (Lipinski definition) is 2. The van der Waals surface area contributed by atoms with E-state index in [0.29, 0.717) is 11.8 Å². The highest BCUT2D eigenvalue weighted by Gasteiger charge is 2.25. The molecule has 1 atom stereocenters. The Kier molecular flexibility index (Phi) is 6.75. The summed E-state index contributed by atoms with van der Waals surface area (Å²) in [4.78, 5) is 23.0. The fourth-order valence-electron chi connectivity index (χ4n) is 4.10. The quantitative estimate of drug-likeness (QED) is 0.413. The molecule has 0 unspecified atom stereocenters. The molecule has 34 heavy (non-hydrogen) atoms. The Morgan fingerprint density at radius 1 is 0.912 bits per heavy atom. The molecule has 0 bridgehead atoms. The Bertz CT molecular complexity index is 1210. The maximum Gasteiger partial charge on any atom is 0.232 e. The molecule has 1 aliphatic rings. The molecule has 0 radical (unpaired) electrons. The zero-order valence-electron chi connectivity index (χ0n) is 19.1. The molecule has 1 aliphatic heterocycles. The van der Waals surface area contributed by atoms with E-state index in [2.05, 4.69) is 66.6 Å². The molecule has 5 rings (SSSR count). The monoisotopic (exact) mass is 472 g/mol. The molecule has 1 fully saturated rings. The molecule has 3 N–H and O–H groups in total. The van der Waals surface area contributed by atoms with E-state index in [4.69, 9.17) is 10.7 Å². The van der Waals surface area contributed by atoms with Crippen molar-refractivity contribution in [3.05, 3.63) is 77.6 Å². The van der Waals surface area contributed by atoms with Crippen LogP contribution in [0.5, 0.6) is 0 Å². The molecule has 8 nitrogen and oxygen atoms in total. The van der Waals surface area contributed by atoms with E-state index < -0.39 is 0 Å². The third-order valence-corrected chi connectivity index (χ3v) is 6.93. The lowest BCUT2D eigenvalue weighted by atomic mass is 10.2.